The topological polar surface area (TPSA) is 70.3 Å². The van der Waals surface area contributed by atoms with Gasteiger partial charge in [0.2, 0.25) is 0 Å². The zero-order valence-corrected chi connectivity index (χ0v) is 16.5. The Bertz CT molecular complexity index is 1010. The van der Waals surface area contributed by atoms with Crippen LogP contribution in [0.3, 0.4) is 0 Å². The second kappa shape index (κ2) is 7.07. The first-order chi connectivity index (χ1) is 13.5. The third-order valence-corrected chi connectivity index (χ3v) is 5.05. The van der Waals surface area contributed by atoms with Gasteiger partial charge in [-0.3, -0.25) is 9.48 Å². The smallest absolute Gasteiger partial charge is 0.257 e. The molecule has 0 aliphatic carbocycles. The Morgan fingerprint density at radius 2 is 1.79 bits per heavy atom. The van der Waals surface area contributed by atoms with Crippen molar-refractivity contribution >= 4 is 5.91 Å². The predicted octanol–water partition coefficient (Wildman–Crippen LogP) is 3.09. The van der Waals surface area contributed by atoms with Crippen molar-refractivity contribution in [2.24, 2.45) is 7.05 Å². The Balaban J connectivity index is 1.60. The van der Waals surface area contributed by atoms with E-state index in [1.807, 2.05) is 62.7 Å². The third-order valence-electron chi connectivity index (χ3n) is 5.05. The predicted molar refractivity (Wildman–Crippen MR) is 105 cm³/mol. The maximum atomic E-state index is 13.0. The summed E-state index contributed by atoms with van der Waals surface area (Å²) in [5, 5.41) is 7.38. The van der Waals surface area contributed by atoms with Crippen molar-refractivity contribution in [1.82, 2.24) is 19.7 Å². The summed E-state index contributed by atoms with van der Waals surface area (Å²) in [5.74, 6) is 2.04. The first-order valence-corrected chi connectivity index (χ1v) is 9.33. The number of fused-ring (bicyclic) bond motifs is 1. The van der Waals surface area contributed by atoms with E-state index < -0.39 is 0 Å². The fourth-order valence-corrected chi connectivity index (χ4v) is 3.55. The highest BCUT2D eigenvalue weighted by Crippen LogP contribution is 2.32. The van der Waals surface area contributed by atoms with Gasteiger partial charge in [-0.1, -0.05) is 6.07 Å². The van der Waals surface area contributed by atoms with Gasteiger partial charge in [-0.2, -0.15) is 5.10 Å². The molecule has 7 nitrogen and oxygen atoms in total. The Morgan fingerprint density at radius 3 is 2.50 bits per heavy atom. The zero-order valence-electron chi connectivity index (χ0n) is 16.5. The number of hydrogen-bond acceptors (Lipinski definition) is 4. The summed E-state index contributed by atoms with van der Waals surface area (Å²) < 4.78 is 15.0. The minimum Gasteiger partial charge on any atom is -0.486 e. The fourth-order valence-electron chi connectivity index (χ4n) is 3.55. The molecule has 4 rings (SSSR count). The van der Waals surface area contributed by atoms with Crippen molar-refractivity contribution in [2.75, 3.05) is 13.2 Å². The van der Waals surface area contributed by atoms with Crippen LogP contribution in [0.1, 0.15) is 40.3 Å². The van der Waals surface area contributed by atoms with Gasteiger partial charge in [0.1, 0.15) is 24.6 Å². The Labute approximate surface area is 163 Å². The van der Waals surface area contributed by atoms with Gasteiger partial charge in [0.25, 0.3) is 5.91 Å². The van der Waals surface area contributed by atoms with Crippen molar-refractivity contribution in [3.8, 4) is 17.3 Å². The molecule has 0 saturated heterocycles. The average molecular weight is 380 g/mol. The summed E-state index contributed by atoms with van der Waals surface area (Å²) in [4.78, 5) is 13.0. The maximum absolute atomic E-state index is 13.0. The van der Waals surface area contributed by atoms with Crippen LogP contribution in [0.25, 0.3) is 5.82 Å². The molecule has 7 heteroatoms. The first-order valence-electron chi connectivity index (χ1n) is 9.33. The summed E-state index contributed by atoms with van der Waals surface area (Å²) >= 11 is 0. The van der Waals surface area contributed by atoms with E-state index >= 15 is 0 Å². The number of rotatable bonds is 4. The molecule has 3 heterocycles. The Kier molecular flexibility index (Phi) is 4.58. The molecule has 1 aliphatic rings. The minimum atomic E-state index is -0.191. The van der Waals surface area contributed by atoms with Crippen molar-refractivity contribution in [3.63, 3.8) is 0 Å². The van der Waals surface area contributed by atoms with Gasteiger partial charge in [0.05, 0.1) is 12.2 Å². The molecule has 0 spiro atoms. The average Bonchev–Trinajstić information content (AvgIpc) is 3.22. The maximum Gasteiger partial charge on any atom is 0.257 e. The van der Waals surface area contributed by atoms with Crippen LogP contribution in [0, 0.1) is 13.8 Å². The molecule has 0 saturated carbocycles. The van der Waals surface area contributed by atoms with Crippen LogP contribution in [-0.4, -0.2) is 33.5 Å². The molecule has 1 aliphatic heterocycles. The standard InChI is InChI=1S/C21H24N4O3/c1-13-5-6-14(2)25(13)21-17(12-22-24(21)4)20(26)23-15(3)16-7-8-18-19(11-16)28-10-9-27-18/h5-8,11-12,15H,9-10H2,1-4H3,(H,23,26). The molecular weight excluding hydrogens is 356 g/mol. The summed E-state index contributed by atoms with van der Waals surface area (Å²) in [5.41, 5.74) is 3.59. The van der Waals surface area contributed by atoms with Crippen molar-refractivity contribution in [2.45, 2.75) is 26.8 Å². The van der Waals surface area contributed by atoms with Crippen LogP contribution >= 0.6 is 0 Å². The monoisotopic (exact) mass is 380 g/mol. The highest BCUT2D eigenvalue weighted by atomic mass is 16.6. The molecule has 0 bridgehead atoms. The molecule has 1 aromatic carbocycles. The van der Waals surface area contributed by atoms with Crippen LogP contribution in [0.4, 0.5) is 0 Å². The molecule has 28 heavy (non-hydrogen) atoms. The van der Waals surface area contributed by atoms with Gasteiger partial charge in [-0.15, -0.1) is 0 Å². The Morgan fingerprint density at radius 1 is 1.11 bits per heavy atom. The number of aromatic nitrogens is 3. The van der Waals surface area contributed by atoms with Crippen molar-refractivity contribution in [3.05, 3.63) is 59.0 Å². The van der Waals surface area contributed by atoms with Crippen molar-refractivity contribution < 1.29 is 14.3 Å². The van der Waals surface area contributed by atoms with E-state index in [4.69, 9.17) is 9.47 Å². The lowest BCUT2D eigenvalue weighted by Gasteiger charge is -2.21. The first kappa shape index (κ1) is 18.2. The van der Waals surface area contributed by atoms with Gasteiger partial charge in [0.15, 0.2) is 11.5 Å². The van der Waals surface area contributed by atoms with E-state index in [0.29, 0.717) is 24.5 Å². The molecule has 1 amide bonds. The van der Waals surface area contributed by atoms with Gasteiger partial charge in [-0.05, 0) is 50.6 Å². The van der Waals surface area contributed by atoms with Gasteiger partial charge in [-0.25, -0.2) is 0 Å². The van der Waals surface area contributed by atoms with Gasteiger partial charge in [0, 0.05) is 18.4 Å². The lowest BCUT2D eigenvalue weighted by atomic mass is 10.1. The van der Waals surface area contributed by atoms with E-state index in [2.05, 4.69) is 10.4 Å². The molecule has 0 radical (unpaired) electrons. The molecular formula is C21H24N4O3. The number of ether oxygens (including phenoxy) is 2. The molecule has 0 fully saturated rings. The number of nitrogens with one attached hydrogen (secondary N) is 1. The van der Waals surface area contributed by atoms with Crippen LogP contribution < -0.4 is 14.8 Å². The largest absolute Gasteiger partial charge is 0.486 e. The molecule has 1 atom stereocenters. The molecule has 1 unspecified atom stereocenters. The highest BCUT2D eigenvalue weighted by molar-refractivity contribution is 5.97. The SMILES string of the molecule is Cc1ccc(C)n1-c1c(C(=O)NC(C)c2ccc3c(c2)OCCO3)cnn1C. The van der Waals surface area contributed by atoms with Gasteiger partial charge < -0.3 is 19.4 Å². The Hall–Kier alpha value is -3.22. The molecule has 2 aromatic heterocycles. The number of benzene rings is 1. The normalized spacial score (nSPS) is 14.0. The van der Waals surface area contributed by atoms with Gasteiger partial charge >= 0.3 is 0 Å². The number of amides is 1. The number of carbonyl (C=O) groups is 1. The highest BCUT2D eigenvalue weighted by Gasteiger charge is 2.22. The summed E-state index contributed by atoms with van der Waals surface area (Å²) in [6, 6.07) is 9.62. The quantitative estimate of drug-likeness (QED) is 0.755. The van der Waals surface area contributed by atoms with Crippen LogP contribution in [0.5, 0.6) is 11.5 Å². The second-order valence-corrected chi connectivity index (χ2v) is 7.06. The van der Waals surface area contributed by atoms with E-state index in [9.17, 15) is 4.79 Å². The van der Waals surface area contributed by atoms with Crippen LogP contribution in [0.2, 0.25) is 0 Å². The lowest BCUT2D eigenvalue weighted by Crippen LogP contribution is -2.28. The van der Waals surface area contributed by atoms with E-state index in [0.717, 1.165) is 28.5 Å². The van der Waals surface area contributed by atoms with E-state index in [1.54, 1.807) is 10.9 Å². The summed E-state index contributed by atoms with van der Waals surface area (Å²) in [6.45, 7) is 7.07. The number of hydrogen-bond donors (Lipinski definition) is 1. The molecule has 3 aromatic rings. The van der Waals surface area contributed by atoms with Crippen LogP contribution in [-0.2, 0) is 7.05 Å². The summed E-state index contributed by atoms with van der Waals surface area (Å²) in [7, 11) is 1.84. The number of nitrogens with zero attached hydrogens (tertiary/aromatic N) is 3. The lowest BCUT2D eigenvalue weighted by molar-refractivity contribution is 0.0939. The molecule has 146 valence electrons. The van der Waals surface area contributed by atoms with Crippen molar-refractivity contribution in [1.29, 1.82) is 0 Å². The van der Waals surface area contributed by atoms with E-state index in [-0.39, 0.29) is 11.9 Å². The summed E-state index contributed by atoms with van der Waals surface area (Å²) in [6.07, 6.45) is 1.61. The van der Waals surface area contributed by atoms with E-state index in [1.165, 1.54) is 0 Å². The minimum absolute atomic E-state index is 0.169. The fraction of sp³-hybridized carbons (Fsp3) is 0.333. The van der Waals surface area contributed by atoms with Crippen LogP contribution in [0.15, 0.2) is 36.5 Å². The number of aryl methyl sites for hydroxylation is 3. The molecule has 1 N–H and O–H groups in total. The number of carbonyl (C=O) groups excluding carboxylic acids is 1. The zero-order chi connectivity index (χ0) is 19.8. The third kappa shape index (κ3) is 3.13. The second-order valence-electron chi connectivity index (χ2n) is 7.06.